The normalized spacial score (nSPS) is 12.3. The van der Waals surface area contributed by atoms with Crippen molar-refractivity contribution in [2.45, 2.75) is 27.3 Å². The first-order valence-electron chi connectivity index (χ1n) is 9.44. The minimum Gasteiger partial charge on any atom is -0.380 e. The van der Waals surface area contributed by atoms with Crippen molar-refractivity contribution in [2.24, 2.45) is 4.99 Å². The van der Waals surface area contributed by atoms with Gasteiger partial charge in [0.25, 0.3) is 5.91 Å². The number of halogens is 1. The second kappa shape index (κ2) is 8.40. The summed E-state index contributed by atoms with van der Waals surface area (Å²) in [7, 11) is 0. The van der Waals surface area contributed by atoms with Crippen LogP contribution >= 0.6 is 34.3 Å². The van der Waals surface area contributed by atoms with Crippen molar-refractivity contribution in [3.8, 4) is 0 Å². The molecule has 0 aliphatic carbocycles. The van der Waals surface area contributed by atoms with Gasteiger partial charge in [-0.25, -0.2) is 0 Å². The Bertz CT molecular complexity index is 1280. The Morgan fingerprint density at radius 3 is 2.76 bits per heavy atom. The molecular formula is C22H21ClN2O2S2. The average Bonchev–Trinajstić information content (AvgIpc) is 3.21. The molecule has 0 spiro atoms. The molecule has 0 fully saturated rings. The molecule has 0 saturated carbocycles. The van der Waals surface area contributed by atoms with Crippen molar-refractivity contribution < 1.29 is 9.53 Å². The number of carbonyl (C=O) groups excluding carboxylic acids is 1. The molecule has 2 aromatic heterocycles. The summed E-state index contributed by atoms with van der Waals surface area (Å²) in [5.41, 5.74) is 3.45. The van der Waals surface area contributed by atoms with Crippen LogP contribution in [0.1, 0.15) is 27.7 Å². The maximum absolute atomic E-state index is 13.0. The highest BCUT2D eigenvalue weighted by molar-refractivity contribution is 7.21. The van der Waals surface area contributed by atoms with E-state index in [4.69, 9.17) is 16.3 Å². The minimum absolute atomic E-state index is 0.303. The summed E-state index contributed by atoms with van der Waals surface area (Å²) in [5.74, 6) is -0.303. The average molecular weight is 445 g/mol. The van der Waals surface area contributed by atoms with Crippen LogP contribution in [0.15, 0.2) is 41.4 Å². The first-order chi connectivity index (χ1) is 14.0. The molecule has 0 aliphatic heterocycles. The summed E-state index contributed by atoms with van der Waals surface area (Å²) < 4.78 is 9.77. The van der Waals surface area contributed by atoms with E-state index >= 15 is 0 Å². The zero-order valence-electron chi connectivity index (χ0n) is 16.5. The molecule has 0 bridgehead atoms. The van der Waals surface area contributed by atoms with Crippen LogP contribution in [0.5, 0.6) is 0 Å². The van der Waals surface area contributed by atoms with Crippen LogP contribution < -0.4 is 4.80 Å². The lowest BCUT2D eigenvalue weighted by Gasteiger charge is -2.06. The molecule has 0 N–H and O–H groups in total. The molecular weight excluding hydrogens is 424 g/mol. The maximum Gasteiger partial charge on any atom is 0.291 e. The fourth-order valence-corrected chi connectivity index (χ4v) is 5.90. The van der Waals surface area contributed by atoms with Crippen LogP contribution in [0.25, 0.3) is 20.3 Å². The van der Waals surface area contributed by atoms with Crippen LogP contribution in [0.4, 0.5) is 0 Å². The van der Waals surface area contributed by atoms with E-state index in [1.54, 1.807) is 0 Å². The van der Waals surface area contributed by atoms with E-state index in [-0.39, 0.29) is 5.91 Å². The number of fused-ring (bicyclic) bond motifs is 2. The minimum atomic E-state index is -0.303. The molecule has 4 rings (SSSR count). The van der Waals surface area contributed by atoms with E-state index in [1.807, 2.05) is 31.2 Å². The van der Waals surface area contributed by atoms with Gasteiger partial charge in [-0.3, -0.25) is 4.79 Å². The predicted octanol–water partition coefficient (Wildman–Crippen LogP) is 5.97. The smallest absolute Gasteiger partial charge is 0.291 e. The molecule has 0 unspecified atom stereocenters. The Balaban J connectivity index is 1.85. The number of nitrogens with zero attached hydrogens (tertiary/aromatic N) is 2. The third-order valence-corrected chi connectivity index (χ3v) is 7.60. The summed E-state index contributed by atoms with van der Waals surface area (Å²) in [5, 5.41) is 1.37. The number of carbonyl (C=O) groups is 1. The number of thiazole rings is 1. The predicted molar refractivity (Wildman–Crippen MR) is 123 cm³/mol. The Hall–Kier alpha value is -1.99. The summed E-state index contributed by atoms with van der Waals surface area (Å²) >= 11 is 9.41. The van der Waals surface area contributed by atoms with Gasteiger partial charge in [0.2, 0.25) is 0 Å². The second-order valence-corrected chi connectivity index (χ2v) is 9.23. The molecule has 150 valence electrons. The topological polar surface area (TPSA) is 43.6 Å². The van der Waals surface area contributed by atoms with Crippen LogP contribution in [-0.2, 0) is 11.3 Å². The Kier molecular flexibility index (Phi) is 5.88. The lowest BCUT2D eigenvalue weighted by molar-refractivity contribution is 0.100. The molecule has 4 aromatic rings. The highest BCUT2D eigenvalue weighted by Gasteiger charge is 2.17. The molecule has 29 heavy (non-hydrogen) atoms. The van der Waals surface area contributed by atoms with Gasteiger partial charge < -0.3 is 9.30 Å². The number of benzene rings is 2. The monoisotopic (exact) mass is 444 g/mol. The molecule has 0 radical (unpaired) electrons. The number of thiophene rings is 1. The summed E-state index contributed by atoms with van der Waals surface area (Å²) in [6, 6.07) is 12.1. The molecule has 2 heterocycles. The van der Waals surface area contributed by atoms with Gasteiger partial charge in [0, 0.05) is 23.2 Å². The Morgan fingerprint density at radius 1 is 1.21 bits per heavy atom. The highest BCUT2D eigenvalue weighted by atomic mass is 35.5. The van der Waals surface area contributed by atoms with E-state index in [1.165, 1.54) is 33.8 Å². The molecule has 2 aromatic carbocycles. The molecule has 0 atom stereocenters. The van der Waals surface area contributed by atoms with Crippen molar-refractivity contribution in [3.05, 3.63) is 62.2 Å². The Labute approximate surface area is 182 Å². The van der Waals surface area contributed by atoms with E-state index < -0.39 is 0 Å². The number of ether oxygens (including phenoxy) is 1. The van der Waals surface area contributed by atoms with Gasteiger partial charge in [-0.1, -0.05) is 47.2 Å². The number of rotatable bonds is 5. The van der Waals surface area contributed by atoms with Crippen LogP contribution in [0.3, 0.4) is 0 Å². The van der Waals surface area contributed by atoms with E-state index in [0.717, 1.165) is 20.3 Å². The zero-order chi connectivity index (χ0) is 20.5. The van der Waals surface area contributed by atoms with E-state index in [2.05, 4.69) is 35.5 Å². The number of aryl methyl sites for hydroxylation is 2. The third kappa shape index (κ3) is 3.90. The summed E-state index contributed by atoms with van der Waals surface area (Å²) in [4.78, 5) is 18.7. The molecule has 4 nitrogen and oxygen atoms in total. The van der Waals surface area contributed by atoms with E-state index in [9.17, 15) is 4.79 Å². The van der Waals surface area contributed by atoms with Crippen LogP contribution in [0.2, 0.25) is 5.02 Å². The standard InChI is InChI=1S/C22H21ClN2O2S2/c1-4-27-10-9-25-16-12-13(2)11-14(3)19(16)29-22(25)24-21(26)20-18(23)15-7-5-6-8-17(15)28-20/h5-8,11-12H,4,9-10H2,1-3H3. The molecule has 1 amide bonds. The lowest BCUT2D eigenvalue weighted by atomic mass is 10.1. The first kappa shape index (κ1) is 20.3. The SMILES string of the molecule is CCOCCn1c(=NC(=O)c2sc3ccccc3c2Cl)sc2c(C)cc(C)cc21. The van der Waals surface area contributed by atoms with Gasteiger partial charge in [0.15, 0.2) is 4.80 Å². The summed E-state index contributed by atoms with van der Waals surface area (Å²) in [6.45, 7) is 8.01. The van der Waals surface area contributed by atoms with Gasteiger partial charge in [-0.2, -0.15) is 4.99 Å². The van der Waals surface area contributed by atoms with Gasteiger partial charge in [0.05, 0.1) is 21.8 Å². The van der Waals surface area contributed by atoms with Crippen molar-refractivity contribution in [1.82, 2.24) is 4.57 Å². The van der Waals surface area contributed by atoms with Gasteiger partial charge in [-0.15, -0.1) is 11.3 Å². The van der Waals surface area contributed by atoms with E-state index in [0.29, 0.717) is 34.5 Å². The van der Waals surface area contributed by atoms with Crippen molar-refractivity contribution in [1.29, 1.82) is 0 Å². The first-order valence-corrected chi connectivity index (χ1v) is 11.4. The highest BCUT2D eigenvalue weighted by Crippen LogP contribution is 2.35. The van der Waals surface area contributed by atoms with Crippen molar-refractivity contribution in [2.75, 3.05) is 13.2 Å². The van der Waals surface area contributed by atoms with Crippen LogP contribution in [-0.4, -0.2) is 23.7 Å². The number of hydrogen-bond donors (Lipinski definition) is 0. The maximum atomic E-state index is 13.0. The zero-order valence-corrected chi connectivity index (χ0v) is 18.9. The number of hydrogen-bond acceptors (Lipinski definition) is 4. The molecule has 0 aliphatic rings. The molecule has 7 heteroatoms. The number of amides is 1. The Morgan fingerprint density at radius 2 is 2.00 bits per heavy atom. The summed E-state index contributed by atoms with van der Waals surface area (Å²) in [6.07, 6.45) is 0. The van der Waals surface area contributed by atoms with Crippen LogP contribution in [0, 0.1) is 13.8 Å². The third-order valence-electron chi connectivity index (χ3n) is 4.70. The van der Waals surface area contributed by atoms with Gasteiger partial charge in [-0.05, 0) is 44.0 Å². The number of aromatic nitrogens is 1. The fourth-order valence-electron chi connectivity index (χ4n) is 3.40. The molecule has 0 saturated heterocycles. The fraction of sp³-hybridized carbons (Fsp3) is 0.273. The van der Waals surface area contributed by atoms with Gasteiger partial charge in [0.1, 0.15) is 4.88 Å². The second-order valence-electron chi connectivity index (χ2n) is 6.82. The lowest BCUT2D eigenvalue weighted by Crippen LogP contribution is -2.19. The quantitative estimate of drug-likeness (QED) is 0.356. The largest absolute Gasteiger partial charge is 0.380 e. The van der Waals surface area contributed by atoms with Gasteiger partial charge >= 0.3 is 0 Å². The van der Waals surface area contributed by atoms with Crippen molar-refractivity contribution in [3.63, 3.8) is 0 Å². The van der Waals surface area contributed by atoms with Crippen molar-refractivity contribution >= 4 is 60.5 Å².